The molecule has 0 saturated carbocycles. The number of thiazole rings is 1. The van der Waals surface area contributed by atoms with Gasteiger partial charge in [0.15, 0.2) is 5.78 Å². The summed E-state index contributed by atoms with van der Waals surface area (Å²) in [6.07, 6.45) is 2.13. The molecule has 88 valence electrons. The van der Waals surface area contributed by atoms with Crippen molar-refractivity contribution in [2.24, 2.45) is 0 Å². The second-order valence-electron chi connectivity index (χ2n) is 4.34. The fraction of sp³-hybridized carbons (Fsp3) is 0.286. The van der Waals surface area contributed by atoms with Crippen molar-refractivity contribution in [3.63, 3.8) is 0 Å². The van der Waals surface area contributed by atoms with Crippen molar-refractivity contribution in [2.45, 2.75) is 27.2 Å². The molecule has 0 fully saturated rings. The fourth-order valence-corrected chi connectivity index (χ4v) is 2.65. The van der Waals surface area contributed by atoms with E-state index in [0.717, 1.165) is 15.4 Å². The average Bonchev–Trinajstić information content (AvgIpc) is 2.63. The lowest BCUT2D eigenvalue weighted by Gasteiger charge is -2.03. The van der Waals surface area contributed by atoms with Gasteiger partial charge < -0.3 is 0 Å². The Balaban J connectivity index is 2.18. The van der Waals surface area contributed by atoms with Crippen LogP contribution >= 0.6 is 11.3 Å². The van der Waals surface area contributed by atoms with Crippen LogP contribution in [0.2, 0.25) is 0 Å². The van der Waals surface area contributed by atoms with Gasteiger partial charge in [-0.3, -0.25) is 4.79 Å². The summed E-state index contributed by atoms with van der Waals surface area (Å²) in [6.45, 7) is 6.02. The topological polar surface area (TPSA) is 30.0 Å². The number of carbonyl (C=O) groups is 1. The van der Waals surface area contributed by atoms with Crippen molar-refractivity contribution < 1.29 is 4.79 Å². The first-order chi connectivity index (χ1) is 8.04. The fourth-order valence-electron chi connectivity index (χ4n) is 1.93. The van der Waals surface area contributed by atoms with Gasteiger partial charge in [-0.25, -0.2) is 4.98 Å². The van der Waals surface area contributed by atoms with Crippen LogP contribution in [0.3, 0.4) is 0 Å². The Hall–Kier alpha value is -1.48. The highest BCUT2D eigenvalue weighted by Crippen LogP contribution is 2.16. The summed E-state index contributed by atoms with van der Waals surface area (Å²) in [4.78, 5) is 16.9. The number of carbonyl (C=O) groups excluding carboxylic acids is 1. The zero-order valence-corrected chi connectivity index (χ0v) is 11.1. The van der Waals surface area contributed by atoms with Gasteiger partial charge in [-0.2, -0.15) is 0 Å². The number of Topliss-reactive ketones (excluding diaryl/α,β-unsaturated/α-hetero) is 1. The Morgan fingerprint density at radius 1 is 1.18 bits per heavy atom. The van der Waals surface area contributed by atoms with Crippen LogP contribution in [0.4, 0.5) is 0 Å². The quantitative estimate of drug-likeness (QED) is 0.775. The summed E-state index contributed by atoms with van der Waals surface area (Å²) in [6, 6.07) is 6.25. The number of benzene rings is 1. The zero-order chi connectivity index (χ0) is 12.4. The Kier molecular flexibility index (Phi) is 3.38. The van der Waals surface area contributed by atoms with Gasteiger partial charge in [-0.1, -0.05) is 29.3 Å². The van der Waals surface area contributed by atoms with E-state index in [4.69, 9.17) is 0 Å². The molecule has 0 unspecified atom stereocenters. The maximum atomic E-state index is 12.0. The van der Waals surface area contributed by atoms with Crippen LogP contribution in [0.1, 0.15) is 31.4 Å². The molecule has 0 amide bonds. The summed E-state index contributed by atoms with van der Waals surface area (Å²) in [5.74, 6) is 0.153. The first kappa shape index (κ1) is 12.0. The maximum absolute atomic E-state index is 12.0. The molecule has 0 aliphatic heterocycles. The molecule has 0 N–H and O–H groups in total. The second-order valence-corrected chi connectivity index (χ2v) is 5.57. The van der Waals surface area contributed by atoms with Crippen molar-refractivity contribution in [3.05, 3.63) is 51.0 Å². The highest BCUT2D eigenvalue weighted by Gasteiger charge is 2.10. The van der Waals surface area contributed by atoms with Gasteiger partial charge in [-0.05, 0) is 26.3 Å². The van der Waals surface area contributed by atoms with E-state index in [1.807, 2.05) is 6.92 Å². The summed E-state index contributed by atoms with van der Waals surface area (Å²) in [5, 5.41) is 0.939. The maximum Gasteiger partial charge on any atom is 0.178 e. The van der Waals surface area contributed by atoms with Gasteiger partial charge in [-0.15, -0.1) is 11.3 Å². The van der Waals surface area contributed by atoms with E-state index in [1.165, 1.54) is 22.5 Å². The van der Waals surface area contributed by atoms with Crippen molar-refractivity contribution in [3.8, 4) is 0 Å². The molecule has 0 spiro atoms. The Bertz CT molecular complexity index is 537. The standard InChI is InChI=1S/C14H15NOS/c1-9-4-10(2)6-12(5-9)7-13(16)14-8-15-11(3)17-14/h4-6,8H,7H2,1-3H3. The number of hydrogen-bond acceptors (Lipinski definition) is 3. The predicted molar refractivity (Wildman–Crippen MR) is 70.8 cm³/mol. The third-order valence-corrected chi connectivity index (χ3v) is 3.50. The monoisotopic (exact) mass is 245 g/mol. The van der Waals surface area contributed by atoms with Crippen LogP contribution in [0.25, 0.3) is 0 Å². The van der Waals surface area contributed by atoms with E-state index in [1.54, 1.807) is 6.20 Å². The molecular formula is C14H15NOS. The lowest BCUT2D eigenvalue weighted by atomic mass is 10.0. The highest BCUT2D eigenvalue weighted by atomic mass is 32.1. The van der Waals surface area contributed by atoms with Gasteiger partial charge in [0.2, 0.25) is 0 Å². The molecule has 1 aromatic heterocycles. The zero-order valence-electron chi connectivity index (χ0n) is 10.3. The van der Waals surface area contributed by atoms with Crippen molar-refractivity contribution >= 4 is 17.1 Å². The van der Waals surface area contributed by atoms with E-state index in [0.29, 0.717) is 6.42 Å². The number of rotatable bonds is 3. The Labute approximate surface area is 105 Å². The molecule has 1 aromatic carbocycles. The summed E-state index contributed by atoms with van der Waals surface area (Å²) >= 11 is 1.46. The molecule has 2 nitrogen and oxygen atoms in total. The molecule has 3 heteroatoms. The lowest BCUT2D eigenvalue weighted by molar-refractivity contribution is 0.0996. The van der Waals surface area contributed by atoms with Crippen LogP contribution in [0.15, 0.2) is 24.4 Å². The first-order valence-corrected chi connectivity index (χ1v) is 6.39. The van der Waals surface area contributed by atoms with Crippen molar-refractivity contribution in [1.29, 1.82) is 0 Å². The van der Waals surface area contributed by atoms with Gasteiger partial charge in [0, 0.05) is 12.6 Å². The largest absolute Gasteiger partial charge is 0.293 e. The van der Waals surface area contributed by atoms with Crippen LogP contribution in [-0.4, -0.2) is 10.8 Å². The average molecular weight is 245 g/mol. The van der Waals surface area contributed by atoms with Crippen molar-refractivity contribution in [2.75, 3.05) is 0 Å². The normalized spacial score (nSPS) is 10.5. The third-order valence-electron chi connectivity index (χ3n) is 2.54. The van der Waals surface area contributed by atoms with E-state index in [9.17, 15) is 4.79 Å². The Morgan fingerprint density at radius 3 is 2.35 bits per heavy atom. The Morgan fingerprint density at radius 2 is 1.82 bits per heavy atom. The summed E-state index contributed by atoms with van der Waals surface area (Å²) in [7, 11) is 0. The molecular weight excluding hydrogens is 230 g/mol. The molecule has 0 saturated heterocycles. The van der Waals surface area contributed by atoms with E-state index < -0.39 is 0 Å². The second kappa shape index (κ2) is 4.80. The van der Waals surface area contributed by atoms with Gasteiger partial charge in [0.05, 0.1) is 9.88 Å². The SMILES string of the molecule is Cc1cc(C)cc(CC(=O)c2cnc(C)s2)c1. The van der Waals surface area contributed by atoms with E-state index >= 15 is 0 Å². The summed E-state index contributed by atoms with van der Waals surface area (Å²) in [5.41, 5.74) is 3.49. The van der Waals surface area contributed by atoms with Crippen molar-refractivity contribution in [1.82, 2.24) is 4.98 Å². The number of aryl methyl sites for hydroxylation is 3. The van der Waals surface area contributed by atoms with Gasteiger partial charge in [0.25, 0.3) is 0 Å². The molecule has 1 heterocycles. The lowest BCUT2D eigenvalue weighted by Crippen LogP contribution is -2.01. The molecule has 0 bridgehead atoms. The molecule has 2 rings (SSSR count). The molecule has 0 atom stereocenters. The van der Waals surface area contributed by atoms with E-state index in [-0.39, 0.29) is 5.78 Å². The van der Waals surface area contributed by atoms with Gasteiger partial charge >= 0.3 is 0 Å². The molecule has 0 aliphatic rings. The highest BCUT2D eigenvalue weighted by molar-refractivity contribution is 7.13. The number of hydrogen-bond donors (Lipinski definition) is 0. The molecule has 17 heavy (non-hydrogen) atoms. The molecule has 2 aromatic rings. The van der Waals surface area contributed by atoms with Crippen LogP contribution in [0, 0.1) is 20.8 Å². The smallest absolute Gasteiger partial charge is 0.178 e. The predicted octanol–water partition coefficient (Wildman–Crippen LogP) is 3.49. The van der Waals surface area contributed by atoms with Crippen LogP contribution in [-0.2, 0) is 6.42 Å². The van der Waals surface area contributed by atoms with E-state index in [2.05, 4.69) is 37.0 Å². The first-order valence-electron chi connectivity index (χ1n) is 5.57. The number of nitrogens with zero attached hydrogens (tertiary/aromatic N) is 1. The van der Waals surface area contributed by atoms with Gasteiger partial charge in [0.1, 0.15) is 0 Å². The van der Waals surface area contributed by atoms with Crippen LogP contribution < -0.4 is 0 Å². The minimum Gasteiger partial charge on any atom is -0.293 e. The summed E-state index contributed by atoms with van der Waals surface area (Å²) < 4.78 is 0. The number of ketones is 1. The van der Waals surface area contributed by atoms with Crippen LogP contribution in [0.5, 0.6) is 0 Å². The minimum atomic E-state index is 0.153. The molecule has 0 aliphatic carbocycles. The number of aromatic nitrogens is 1. The third kappa shape index (κ3) is 3.01. The molecule has 0 radical (unpaired) electrons. The minimum absolute atomic E-state index is 0.153.